The molecular weight excluding hydrogens is 276 g/mol. The fraction of sp³-hybridized carbons (Fsp3) is 0.308. The van der Waals surface area contributed by atoms with Gasteiger partial charge in [0.25, 0.3) is 5.69 Å². The number of hydrogen-bond acceptors (Lipinski definition) is 6. The average molecular weight is 290 g/mol. The van der Waals surface area contributed by atoms with Gasteiger partial charge in [-0.3, -0.25) is 10.1 Å². The summed E-state index contributed by atoms with van der Waals surface area (Å²) in [7, 11) is 1.47. The quantitative estimate of drug-likeness (QED) is 0.680. The first-order valence-electron chi connectivity index (χ1n) is 6.40. The summed E-state index contributed by atoms with van der Waals surface area (Å²) in [6, 6.07) is 2.88. The summed E-state index contributed by atoms with van der Waals surface area (Å²) in [4.78, 5) is 19.6. The fourth-order valence-corrected chi connectivity index (χ4v) is 2.33. The van der Waals surface area contributed by atoms with Gasteiger partial charge in [-0.1, -0.05) is 0 Å². The van der Waals surface area contributed by atoms with E-state index in [9.17, 15) is 10.1 Å². The highest BCUT2D eigenvalue weighted by Crippen LogP contribution is 2.43. The van der Waals surface area contributed by atoms with E-state index in [4.69, 9.17) is 9.47 Å². The van der Waals surface area contributed by atoms with Crippen LogP contribution in [0.4, 0.5) is 11.4 Å². The van der Waals surface area contributed by atoms with Crippen molar-refractivity contribution in [3.63, 3.8) is 0 Å². The molecule has 2 heterocycles. The van der Waals surface area contributed by atoms with E-state index in [2.05, 4.69) is 9.97 Å². The van der Waals surface area contributed by atoms with Crippen molar-refractivity contribution in [1.82, 2.24) is 9.97 Å². The molecule has 8 nitrogen and oxygen atoms in total. The maximum Gasteiger partial charge on any atom is 0.275 e. The number of methoxy groups -OCH3 is 1. The van der Waals surface area contributed by atoms with Crippen molar-refractivity contribution < 1.29 is 14.4 Å². The number of H-pyrrole nitrogens is 1. The zero-order valence-electron chi connectivity index (χ0n) is 11.4. The summed E-state index contributed by atoms with van der Waals surface area (Å²) in [5.41, 5.74) is 1.56. The van der Waals surface area contributed by atoms with Crippen LogP contribution in [0.1, 0.15) is 5.69 Å². The predicted molar refractivity (Wildman–Crippen MR) is 74.8 cm³/mol. The summed E-state index contributed by atoms with van der Waals surface area (Å²) < 4.78 is 10.8. The van der Waals surface area contributed by atoms with E-state index in [-0.39, 0.29) is 5.69 Å². The number of fused-ring (bicyclic) bond motifs is 1. The Hall–Kier alpha value is -2.77. The third kappa shape index (κ3) is 2.47. The highest BCUT2D eigenvalue weighted by molar-refractivity contribution is 5.70. The lowest BCUT2D eigenvalue weighted by molar-refractivity contribution is -0.384. The first-order valence-corrected chi connectivity index (χ1v) is 6.40. The van der Waals surface area contributed by atoms with E-state index in [1.54, 1.807) is 12.5 Å². The summed E-state index contributed by atoms with van der Waals surface area (Å²) in [6.45, 7) is 1.70. The SMILES string of the molecule is COc1cc([N+](=O)[O-])cc2c1OCCN2Cc1cnc[nH]1. The number of nitro groups is 1. The molecular formula is C13H14N4O4. The Bertz CT molecular complexity index is 656. The molecule has 3 rings (SSSR count). The lowest BCUT2D eigenvalue weighted by Crippen LogP contribution is -2.32. The number of imidazole rings is 1. The van der Waals surface area contributed by atoms with Crippen LogP contribution < -0.4 is 14.4 Å². The van der Waals surface area contributed by atoms with Crippen LogP contribution >= 0.6 is 0 Å². The molecule has 1 aliphatic heterocycles. The number of non-ortho nitro benzene ring substituents is 1. The van der Waals surface area contributed by atoms with Gasteiger partial charge in [0.2, 0.25) is 0 Å². The van der Waals surface area contributed by atoms with Gasteiger partial charge >= 0.3 is 0 Å². The average Bonchev–Trinajstić information content (AvgIpc) is 2.99. The number of aromatic nitrogens is 2. The summed E-state index contributed by atoms with van der Waals surface area (Å²) in [5.74, 6) is 0.905. The zero-order valence-corrected chi connectivity index (χ0v) is 11.4. The van der Waals surface area contributed by atoms with Crippen molar-refractivity contribution >= 4 is 11.4 Å². The zero-order chi connectivity index (χ0) is 14.8. The number of benzene rings is 1. The van der Waals surface area contributed by atoms with Gasteiger partial charge in [0.05, 0.1) is 48.9 Å². The maximum atomic E-state index is 11.1. The predicted octanol–water partition coefficient (Wildman–Crippen LogP) is 1.73. The van der Waals surface area contributed by atoms with E-state index in [0.29, 0.717) is 36.9 Å². The molecule has 0 radical (unpaired) electrons. The van der Waals surface area contributed by atoms with Crippen LogP contribution in [-0.2, 0) is 6.54 Å². The van der Waals surface area contributed by atoms with Gasteiger partial charge in [-0.25, -0.2) is 4.98 Å². The Morgan fingerprint density at radius 3 is 3.10 bits per heavy atom. The van der Waals surface area contributed by atoms with E-state index in [0.717, 1.165) is 5.69 Å². The Labute approximate surface area is 120 Å². The standard InChI is InChI=1S/C13H14N4O4/c1-20-12-5-10(17(18)19)4-11-13(12)21-3-2-16(11)7-9-6-14-8-15-9/h4-6,8H,2-3,7H2,1H3,(H,14,15). The van der Waals surface area contributed by atoms with Crippen molar-refractivity contribution in [3.8, 4) is 11.5 Å². The Balaban J connectivity index is 2.02. The molecule has 8 heteroatoms. The second-order valence-electron chi connectivity index (χ2n) is 4.60. The molecule has 110 valence electrons. The first kappa shape index (κ1) is 13.2. The molecule has 0 aliphatic carbocycles. The summed E-state index contributed by atoms with van der Waals surface area (Å²) in [5, 5.41) is 11.1. The second-order valence-corrected chi connectivity index (χ2v) is 4.60. The van der Waals surface area contributed by atoms with Crippen LogP contribution in [0.3, 0.4) is 0 Å². The number of nitrogens with zero attached hydrogens (tertiary/aromatic N) is 3. The Morgan fingerprint density at radius 2 is 2.43 bits per heavy atom. The molecule has 0 amide bonds. The summed E-state index contributed by atoms with van der Waals surface area (Å²) in [6.07, 6.45) is 3.33. The molecule has 21 heavy (non-hydrogen) atoms. The Morgan fingerprint density at radius 1 is 1.57 bits per heavy atom. The smallest absolute Gasteiger partial charge is 0.275 e. The molecule has 0 saturated heterocycles. The number of anilines is 1. The molecule has 1 aromatic carbocycles. The number of rotatable bonds is 4. The highest BCUT2D eigenvalue weighted by atomic mass is 16.6. The van der Waals surface area contributed by atoms with E-state index in [1.165, 1.54) is 19.2 Å². The van der Waals surface area contributed by atoms with Crippen LogP contribution in [0.2, 0.25) is 0 Å². The molecule has 1 N–H and O–H groups in total. The maximum absolute atomic E-state index is 11.1. The van der Waals surface area contributed by atoms with Crippen LogP contribution in [0.5, 0.6) is 11.5 Å². The molecule has 1 aromatic heterocycles. The monoisotopic (exact) mass is 290 g/mol. The van der Waals surface area contributed by atoms with E-state index < -0.39 is 4.92 Å². The van der Waals surface area contributed by atoms with Gasteiger partial charge < -0.3 is 19.4 Å². The minimum atomic E-state index is -0.439. The Kier molecular flexibility index (Phi) is 3.35. The molecule has 0 unspecified atom stereocenters. The number of ether oxygens (including phenoxy) is 2. The lowest BCUT2D eigenvalue weighted by Gasteiger charge is -2.31. The molecule has 0 saturated carbocycles. The number of aromatic amines is 1. The van der Waals surface area contributed by atoms with Gasteiger partial charge in [0.15, 0.2) is 11.5 Å². The molecule has 1 aliphatic rings. The molecule has 0 atom stereocenters. The fourth-order valence-electron chi connectivity index (χ4n) is 2.33. The minimum absolute atomic E-state index is 0.0225. The number of nitrogens with one attached hydrogen (secondary N) is 1. The second kappa shape index (κ2) is 5.31. The van der Waals surface area contributed by atoms with Gasteiger partial charge in [-0.05, 0) is 0 Å². The van der Waals surface area contributed by atoms with Crippen molar-refractivity contribution in [2.45, 2.75) is 6.54 Å². The summed E-state index contributed by atoms with van der Waals surface area (Å²) >= 11 is 0. The van der Waals surface area contributed by atoms with Crippen molar-refractivity contribution in [1.29, 1.82) is 0 Å². The van der Waals surface area contributed by atoms with Gasteiger partial charge in [-0.15, -0.1) is 0 Å². The van der Waals surface area contributed by atoms with Crippen molar-refractivity contribution in [2.75, 3.05) is 25.2 Å². The third-order valence-corrected chi connectivity index (χ3v) is 3.32. The molecule has 0 fully saturated rings. The van der Waals surface area contributed by atoms with Crippen LogP contribution in [0, 0.1) is 10.1 Å². The first-order chi connectivity index (χ1) is 10.2. The largest absolute Gasteiger partial charge is 0.493 e. The van der Waals surface area contributed by atoms with Crippen LogP contribution in [0.25, 0.3) is 0 Å². The number of hydrogen-bond donors (Lipinski definition) is 1. The third-order valence-electron chi connectivity index (χ3n) is 3.32. The van der Waals surface area contributed by atoms with Crippen molar-refractivity contribution in [3.05, 3.63) is 40.5 Å². The normalized spacial score (nSPS) is 13.5. The van der Waals surface area contributed by atoms with Crippen molar-refractivity contribution in [2.24, 2.45) is 0 Å². The number of nitro benzene ring substituents is 1. The van der Waals surface area contributed by atoms with Gasteiger partial charge in [0.1, 0.15) is 6.61 Å². The van der Waals surface area contributed by atoms with E-state index in [1.807, 2.05) is 4.90 Å². The van der Waals surface area contributed by atoms with Gasteiger partial charge in [-0.2, -0.15) is 0 Å². The minimum Gasteiger partial charge on any atom is -0.493 e. The molecule has 2 aromatic rings. The van der Waals surface area contributed by atoms with E-state index >= 15 is 0 Å². The molecule has 0 spiro atoms. The molecule has 0 bridgehead atoms. The topological polar surface area (TPSA) is 93.5 Å². The lowest BCUT2D eigenvalue weighted by atomic mass is 10.2. The van der Waals surface area contributed by atoms with Crippen LogP contribution in [0.15, 0.2) is 24.7 Å². The van der Waals surface area contributed by atoms with Gasteiger partial charge in [0, 0.05) is 12.3 Å². The highest BCUT2D eigenvalue weighted by Gasteiger charge is 2.26. The van der Waals surface area contributed by atoms with Crippen LogP contribution in [-0.4, -0.2) is 35.2 Å².